The van der Waals surface area contributed by atoms with Gasteiger partial charge >= 0.3 is 0 Å². The van der Waals surface area contributed by atoms with Crippen molar-refractivity contribution in [3.8, 4) is 11.4 Å². The van der Waals surface area contributed by atoms with Crippen molar-refractivity contribution >= 4 is 17.5 Å². The minimum absolute atomic E-state index is 0.282. The van der Waals surface area contributed by atoms with Crippen LogP contribution in [0.1, 0.15) is 27.3 Å². The zero-order valence-electron chi connectivity index (χ0n) is 14.8. The van der Waals surface area contributed by atoms with Crippen molar-refractivity contribution in [3.05, 3.63) is 70.0 Å². The molecule has 3 aromatic rings. The second-order valence-electron chi connectivity index (χ2n) is 5.90. The van der Waals surface area contributed by atoms with Gasteiger partial charge in [-0.25, -0.2) is 4.68 Å². The Morgan fingerprint density at radius 2 is 2.04 bits per heavy atom. The van der Waals surface area contributed by atoms with E-state index in [0.29, 0.717) is 17.3 Å². The predicted octanol–water partition coefficient (Wildman–Crippen LogP) is 3.48. The van der Waals surface area contributed by atoms with Crippen LogP contribution in [0, 0.1) is 13.8 Å². The molecule has 0 saturated heterocycles. The van der Waals surface area contributed by atoms with E-state index < -0.39 is 0 Å². The first-order valence-electron chi connectivity index (χ1n) is 8.09. The van der Waals surface area contributed by atoms with Gasteiger partial charge in [-0.05, 0) is 49.2 Å². The molecule has 7 heteroatoms. The zero-order valence-corrected chi connectivity index (χ0v) is 15.5. The third-order valence-corrected chi connectivity index (χ3v) is 4.50. The molecule has 3 rings (SSSR count). The maximum atomic E-state index is 12.5. The number of hydrogen-bond donors (Lipinski definition) is 1. The van der Waals surface area contributed by atoms with Crippen molar-refractivity contribution in [3.63, 3.8) is 0 Å². The normalized spacial score (nSPS) is 10.6. The minimum atomic E-state index is -0.283. The second-order valence-corrected chi connectivity index (χ2v) is 6.31. The molecule has 0 saturated carbocycles. The number of halogens is 1. The first kappa shape index (κ1) is 17.9. The Labute approximate surface area is 156 Å². The fraction of sp³-hybridized carbons (Fsp3) is 0.211. The standard InChI is InChI=1S/C19H19ClN4O2/c1-12-7-8-15(10-17(12)20)24-13(2)18(22-23-24)19(25)21-11-14-5-4-6-16(9-14)26-3/h4-10H,11H2,1-3H3,(H,21,25). The summed E-state index contributed by atoms with van der Waals surface area (Å²) in [5, 5.41) is 11.6. The van der Waals surface area contributed by atoms with Crippen LogP contribution in [0.2, 0.25) is 5.02 Å². The number of carbonyl (C=O) groups is 1. The predicted molar refractivity (Wildman–Crippen MR) is 100 cm³/mol. The monoisotopic (exact) mass is 370 g/mol. The SMILES string of the molecule is COc1cccc(CNC(=O)c2nnn(-c3ccc(C)c(Cl)c3)c2C)c1. The quantitative estimate of drug-likeness (QED) is 0.746. The lowest BCUT2D eigenvalue weighted by atomic mass is 10.2. The second kappa shape index (κ2) is 7.58. The summed E-state index contributed by atoms with van der Waals surface area (Å²) in [6.45, 7) is 4.10. The third-order valence-electron chi connectivity index (χ3n) is 4.10. The number of nitrogens with zero attached hydrogens (tertiary/aromatic N) is 3. The topological polar surface area (TPSA) is 69.0 Å². The maximum absolute atomic E-state index is 12.5. The zero-order chi connectivity index (χ0) is 18.7. The largest absolute Gasteiger partial charge is 0.497 e. The Hall–Kier alpha value is -2.86. The summed E-state index contributed by atoms with van der Waals surface area (Å²) in [5.74, 6) is 0.463. The van der Waals surface area contributed by atoms with Crippen molar-refractivity contribution in [2.45, 2.75) is 20.4 Å². The summed E-state index contributed by atoms with van der Waals surface area (Å²) in [4.78, 5) is 12.5. The van der Waals surface area contributed by atoms with Crippen molar-refractivity contribution in [2.75, 3.05) is 7.11 Å². The molecule has 0 bridgehead atoms. The summed E-state index contributed by atoms with van der Waals surface area (Å²) >= 11 is 6.18. The molecular formula is C19H19ClN4O2. The number of amides is 1. The highest BCUT2D eigenvalue weighted by Gasteiger charge is 2.17. The van der Waals surface area contributed by atoms with E-state index in [2.05, 4.69) is 15.6 Å². The Kier molecular flexibility index (Phi) is 5.23. The summed E-state index contributed by atoms with van der Waals surface area (Å²) in [5.41, 5.74) is 3.60. The molecule has 26 heavy (non-hydrogen) atoms. The smallest absolute Gasteiger partial charge is 0.274 e. The maximum Gasteiger partial charge on any atom is 0.274 e. The minimum Gasteiger partial charge on any atom is -0.497 e. The van der Waals surface area contributed by atoms with Crippen LogP contribution in [0.3, 0.4) is 0 Å². The highest BCUT2D eigenvalue weighted by Crippen LogP contribution is 2.20. The van der Waals surface area contributed by atoms with Crippen LogP contribution in [-0.4, -0.2) is 28.0 Å². The number of rotatable bonds is 5. The molecule has 0 radical (unpaired) electrons. The Morgan fingerprint density at radius 1 is 1.23 bits per heavy atom. The first-order valence-corrected chi connectivity index (χ1v) is 8.47. The van der Waals surface area contributed by atoms with Crippen LogP contribution in [0.4, 0.5) is 0 Å². The molecule has 6 nitrogen and oxygen atoms in total. The van der Waals surface area contributed by atoms with Crippen LogP contribution >= 0.6 is 11.6 Å². The van der Waals surface area contributed by atoms with Crippen LogP contribution in [-0.2, 0) is 6.54 Å². The van der Waals surface area contributed by atoms with E-state index in [4.69, 9.17) is 16.3 Å². The van der Waals surface area contributed by atoms with Gasteiger partial charge in [0, 0.05) is 11.6 Å². The molecule has 1 heterocycles. The summed E-state index contributed by atoms with van der Waals surface area (Å²) in [6, 6.07) is 13.1. The van der Waals surface area contributed by atoms with Crippen molar-refractivity contribution < 1.29 is 9.53 Å². The van der Waals surface area contributed by atoms with Gasteiger partial charge in [0.05, 0.1) is 18.5 Å². The van der Waals surface area contributed by atoms with E-state index in [1.54, 1.807) is 24.8 Å². The van der Waals surface area contributed by atoms with Crippen molar-refractivity contribution in [1.82, 2.24) is 20.3 Å². The number of nitrogens with one attached hydrogen (secondary N) is 1. The average molecular weight is 371 g/mol. The highest BCUT2D eigenvalue weighted by atomic mass is 35.5. The van der Waals surface area contributed by atoms with Gasteiger partial charge in [-0.3, -0.25) is 4.79 Å². The van der Waals surface area contributed by atoms with Crippen LogP contribution in [0.25, 0.3) is 5.69 Å². The molecule has 1 aromatic heterocycles. The third kappa shape index (κ3) is 3.70. The molecule has 0 aliphatic heterocycles. The van der Waals surface area contributed by atoms with E-state index in [0.717, 1.165) is 22.6 Å². The number of ether oxygens (including phenoxy) is 1. The number of methoxy groups -OCH3 is 1. The van der Waals surface area contributed by atoms with Gasteiger partial charge in [0.15, 0.2) is 5.69 Å². The Balaban J connectivity index is 1.76. The van der Waals surface area contributed by atoms with E-state index in [-0.39, 0.29) is 11.6 Å². The summed E-state index contributed by atoms with van der Waals surface area (Å²) in [7, 11) is 1.61. The molecule has 0 fully saturated rings. The molecule has 1 N–H and O–H groups in total. The number of aromatic nitrogens is 3. The molecule has 0 unspecified atom stereocenters. The van der Waals surface area contributed by atoms with Crippen LogP contribution in [0.5, 0.6) is 5.75 Å². The molecule has 0 atom stereocenters. The van der Waals surface area contributed by atoms with Gasteiger partial charge in [-0.2, -0.15) is 0 Å². The van der Waals surface area contributed by atoms with Gasteiger partial charge in [0.25, 0.3) is 5.91 Å². The molecule has 0 aliphatic rings. The molecule has 1 amide bonds. The highest BCUT2D eigenvalue weighted by molar-refractivity contribution is 6.31. The van der Waals surface area contributed by atoms with E-state index in [9.17, 15) is 4.79 Å². The van der Waals surface area contributed by atoms with Crippen molar-refractivity contribution in [2.24, 2.45) is 0 Å². The lowest BCUT2D eigenvalue weighted by Gasteiger charge is -2.07. The molecule has 0 aliphatic carbocycles. The Morgan fingerprint density at radius 3 is 2.77 bits per heavy atom. The van der Waals surface area contributed by atoms with Gasteiger partial charge in [0.2, 0.25) is 0 Å². The van der Waals surface area contributed by atoms with Gasteiger partial charge in [-0.1, -0.05) is 35.0 Å². The van der Waals surface area contributed by atoms with Gasteiger partial charge in [-0.15, -0.1) is 5.10 Å². The number of carbonyl (C=O) groups excluding carboxylic acids is 1. The van der Waals surface area contributed by atoms with Crippen LogP contribution < -0.4 is 10.1 Å². The number of aryl methyl sites for hydroxylation is 1. The Bertz CT molecular complexity index is 952. The molecule has 2 aromatic carbocycles. The van der Waals surface area contributed by atoms with Crippen LogP contribution in [0.15, 0.2) is 42.5 Å². The fourth-order valence-electron chi connectivity index (χ4n) is 2.55. The van der Waals surface area contributed by atoms with E-state index in [1.807, 2.05) is 43.3 Å². The fourth-order valence-corrected chi connectivity index (χ4v) is 2.72. The van der Waals surface area contributed by atoms with Crippen molar-refractivity contribution in [1.29, 1.82) is 0 Å². The average Bonchev–Trinajstić information content (AvgIpc) is 3.03. The van der Waals surface area contributed by atoms with Gasteiger partial charge in [0.1, 0.15) is 5.75 Å². The first-order chi connectivity index (χ1) is 12.5. The number of benzene rings is 2. The molecule has 134 valence electrons. The van der Waals surface area contributed by atoms with E-state index in [1.165, 1.54) is 0 Å². The summed E-state index contributed by atoms with van der Waals surface area (Å²) < 4.78 is 6.79. The molecular weight excluding hydrogens is 352 g/mol. The van der Waals surface area contributed by atoms with E-state index >= 15 is 0 Å². The lowest BCUT2D eigenvalue weighted by Crippen LogP contribution is -2.24. The van der Waals surface area contributed by atoms with Gasteiger partial charge < -0.3 is 10.1 Å². The number of hydrogen-bond acceptors (Lipinski definition) is 4. The summed E-state index contributed by atoms with van der Waals surface area (Å²) in [6.07, 6.45) is 0. The molecule has 0 spiro atoms. The lowest BCUT2D eigenvalue weighted by molar-refractivity contribution is 0.0945.